The molecule has 116 valence electrons. The molecule has 4 nitrogen and oxygen atoms in total. The second-order valence-corrected chi connectivity index (χ2v) is 7.51. The lowest BCUT2D eigenvalue weighted by Gasteiger charge is -2.24. The van der Waals surface area contributed by atoms with Gasteiger partial charge in [-0.05, 0) is 43.2 Å². The number of thioether (sulfide) groups is 1. The third kappa shape index (κ3) is 3.40. The van der Waals surface area contributed by atoms with Crippen LogP contribution in [-0.2, 0) is 6.54 Å². The van der Waals surface area contributed by atoms with Crippen LogP contribution >= 0.6 is 11.8 Å². The average molecular weight is 309 g/mol. The van der Waals surface area contributed by atoms with Crippen molar-refractivity contribution in [3.8, 4) is 17.2 Å². The lowest BCUT2D eigenvalue weighted by Crippen LogP contribution is -2.32. The average Bonchev–Trinajstić information content (AvgIpc) is 2.93. The molecule has 2 heterocycles. The molecule has 3 rings (SSSR count). The zero-order valence-electron chi connectivity index (χ0n) is 12.7. The van der Waals surface area contributed by atoms with Gasteiger partial charge in [0.1, 0.15) is 13.2 Å². The van der Waals surface area contributed by atoms with Gasteiger partial charge in [-0.3, -0.25) is 0 Å². The minimum Gasteiger partial charge on any atom is -0.493 e. The summed E-state index contributed by atoms with van der Waals surface area (Å²) in [6.07, 6.45) is 2.63. The van der Waals surface area contributed by atoms with Gasteiger partial charge in [0.15, 0.2) is 11.5 Å². The monoisotopic (exact) mass is 309 g/mol. The molecule has 0 amide bonds. The third-order valence-electron chi connectivity index (χ3n) is 4.02. The van der Waals surface area contributed by atoms with E-state index < -0.39 is 0 Å². The molecule has 0 spiro atoms. The Balaban J connectivity index is 1.65. The molecule has 1 saturated heterocycles. The maximum atomic E-state index is 5.67. The summed E-state index contributed by atoms with van der Waals surface area (Å²) >= 11 is 2.08. The number of hydrogen-bond acceptors (Lipinski definition) is 5. The lowest BCUT2D eigenvalue weighted by molar-refractivity contribution is 0.165. The van der Waals surface area contributed by atoms with Crippen molar-refractivity contribution in [1.82, 2.24) is 5.32 Å². The highest BCUT2D eigenvalue weighted by Gasteiger charge is 2.28. The van der Waals surface area contributed by atoms with E-state index in [1.165, 1.54) is 24.2 Å². The van der Waals surface area contributed by atoms with Crippen molar-refractivity contribution < 1.29 is 14.2 Å². The van der Waals surface area contributed by atoms with E-state index in [0.717, 1.165) is 30.3 Å². The Kier molecular flexibility index (Phi) is 4.50. The standard InChI is InChI=1S/C16H23NO3S/c1-16(4-3-7-21-16)11-17-10-12-8-13(18-2)15-14(9-12)19-5-6-20-15/h8-9,17H,3-7,10-11H2,1-2H3. The Labute approximate surface area is 130 Å². The maximum absolute atomic E-state index is 5.67. The van der Waals surface area contributed by atoms with E-state index in [9.17, 15) is 0 Å². The SMILES string of the molecule is COc1cc(CNCC2(C)CCCS2)cc2c1OCCO2. The summed E-state index contributed by atoms with van der Waals surface area (Å²) in [6.45, 7) is 5.39. The molecule has 1 fully saturated rings. The van der Waals surface area contributed by atoms with Crippen LogP contribution in [0.4, 0.5) is 0 Å². The van der Waals surface area contributed by atoms with Gasteiger partial charge in [-0.25, -0.2) is 0 Å². The van der Waals surface area contributed by atoms with Gasteiger partial charge in [-0.15, -0.1) is 0 Å². The van der Waals surface area contributed by atoms with Gasteiger partial charge in [-0.1, -0.05) is 0 Å². The van der Waals surface area contributed by atoms with Gasteiger partial charge in [-0.2, -0.15) is 11.8 Å². The van der Waals surface area contributed by atoms with Gasteiger partial charge in [0.05, 0.1) is 7.11 Å². The summed E-state index contributed by atoms with van der Waals surface area (Å²) in [7, 11) is 1.67. The predicted molar refractivity (Wildman–Crippen MR) is 85.8 cm³/mol. The Morgan fingerprint density at radius 1 is 1.33 bits per heavy atom. The summed E-state index contributed by atoms with van der Waals surface area (Å²) in [4.78, 5) is 0. The van der Waals surface area contributed by atoms with Gasteiger partial charge in [0.25, 0.3) is 0 Å². The predicted octanol–water partition coefficient (Wildman–Crippen LogP) is 2.84. The van der Waals surface area contributed by atoms with Crippen LogP contribution in [-0.4, -0.2) is 37.4 Å². The van der Waals surface area contributed by atoms with Crippen molar-refractivity contribution in [1.29, 1.82) is 0 Å². The summed E-state index contributed by atoms with van der Waals surface area (Å²) in [5, 5.41) is 3.57. The first kappa shape index (κ1) is 14.9. The summed E-state index contributed by atoms with van der Waals surface area (Å²) < 4.78 is 17.1. The smallest absolute Gasteiger partial charge is 0.203 e. The number of fused-ring (bicyclic) bond motifs is 1. The summed E-state index contributed by atoms with van der Waals surface area (Å²) in [6, 6.07) is 4.08. The molecule has 1 unspecified atom stereocenters. The fraction of sp³-hybridized carbons (Fsp3) is 0.625. The van der Waals surface area contributed by atoms with E-state index in [2.05, 4.69) is 24.0 Å². The number of benzene rings is 1. The van der Waals surface area contributed by atoms with Gasteiger partial charge in [0, 0.05) is 17.8 Å². The first-order valence-electron chi connectivity index (χ1n) is 7.51. The Hall–Kier alpha value is -1.07. The van der Waals surface area contributed by atoms with Crippen molar-refractivity contribution >= 4 is 11.8 Å². The van der Waals surface area contributed by atoms with Crippen LogP contribution in [0, 0.1) is 0 Å². The maximum Gasteiger partial charge on any atom is 0.203 e. The van der Waals surface area contributed by atoms with Crippen LogP contribution in [0.5, 0.6) is 17.2 Å². The highest BCUT2D eigenvalue weighted by molar-refractivity contribution is 8.00. The molecule has 0 aromatic heterocycles. The molecule has 1 atom stereocenters. The van der Waals surface area contributed by atoms with E-state index in [0.29, 0.717) is 18.0 Å². The molecule has 2 aliphatic heterocycles. The van der Waals surface area contributed by atoms with Crippen molar-refractivity contribution in [2.45, 2.75) is 31.1 Å². The second-order valence-electron chi connectivity index (χ2n) is 5.83. The van der Waals surface area contributed by atoms with Crippen LogP contribution in [0.3, 0.4) is 0 Å². The van der Waals surface area contributed by atoms with Crippen molar-refractivity contribution in [3.05, 3.63) is 17.7 Å². The highest BCUT2D eigenvalue weighted by atomic mass is 32.2. The molecule has 5 heteroatoms. The number of hydrogen-bond donors (Lipinski definition) is 1. The zero-order chi connectivity index (χ0) is 14.7. The number of nitrogens with one attached hydrogen (secondary N) is 1. The minimum atomic E-state index is 0.387. The molecule has 0 aliphatic carbocycles. The third-order valence-corrected chi connectivity index (χ3v) is 5.55. The van der Waals surface area contributed by atoms with Crippen LogP contribution in [0.2, 0.25) is 0 Å². The molecule has 0 radical (unpaired) electrons. The Morgan fingerprint density at radius 2 is 2.19 bits per heavy atom. The lowest BCUT2D eigenvalue weighted by atomic mass is 10.1. The van der Waals surface area contributed by atoms with Crippen molar-refractivity contribution in [2.24, 2.45) is 0 Å². The summed E-state index contributed by atoms with van der Waals surface area (Å²) in [5.74, 6) is 3.56. The zero-order valence-corrected chi connectivity index (χ0v) is 13.6. The molecule has 0 saturated carbocycles. The highest BCUT2D eigenvalue weighted by Crippen LogP contribution is 2.40. The molecule has 0 bridgehead atoms. The molecular weight excluding hydrogens is 286 g/mol. The van der Waals surface area contributed by atoms with E-state index in [1.54, 1.807) is 7.11 Å². The number of ether oxygens (including phenoxy) is 3. The Bertz CT molecular complexity index is 483. The second kappa shape index (κ2) is 6.36. The van der Waals surface area contributed by atoms with E-state index in [1.807, 2.05) is 12.1 Å². The summed E-state index contributed by atoms with van der Waals surface area (Å²) in [5.41, 5.74) is 1.17. The first-order valence-corrected chi connectivity index (χ1v) is 8.50. The topological polar surface area (TPSA) is 39.7 Å². The number of rotatable bonds is 5. The Morgan fingerprint density at radius 3 is 2.95 bits per heavy atom. The van der Waals surface area contributed by atoms with Crippen LogP contribution in [0.1, 0.15) is 25.3 Å². The first-order chi connectivity index (χ1) is 10.2. The molecule has 21 heavy (non-hydrogen) atoms. The largest absolute Gasteiger partial charge is 0.493 e. The van der Waals surface area contributed by atoms with E-state index in [4.69, 9.17) is 14.2 Å². The van der Waals surface area contributed by atoms with Crippen LogP contribution in [0.25, 0.3) is 0 Å². The molecule has 1 aromatic carbocycles. The minimum absolute atomic E-state index is 0.387. The normalized spacial score (nSPS) is 24.1. The molecule has 2 aliphatic rings. The van der Waals surface area contributed by atoms with E-state index >= 15 is 0 Å². The van der Waals surface area contributed by atoms with Crippen LogP contribution < -0.4 is 19.5 Å². The number of methoxy groups -OCH3 is 1. The van der Waals surface area contributed by atoms with Gasteiger partial charge in [0.2, 0.25) is 5.75 Å². The molecular formula is C16H23NO3S. The fourth-order valence-electron chi connectivity index (χ4n) is 2.88. The fourth-order valence-corrected chi connectivity index (χ4v) is 4.15. The van der Waals surface area contributed by atoms with E-state index in [-0.39, 0.29) is 0 Å². The van der Waals surface area contributed by atoms with Crippen molar-refractivity contribution in [2.75, 3.05) is 32.6 Å². The molecule has 1 aromatic rings. The molecule has 1 N–H and O–H groups in total. The quantitative estimate of drug-likeness (QED) is 0.905. The van der Waals surface area contributed by atoms with Gasteiger partial charge >= 0.3 is 0 Å². The van der Waals surface area contributed by atoms with Crippen LogP contribution in [0.15, 0.2) is 12.1 Å². The van der Waals surface area contributed by atoms with Crippen molar-refractivity contribution in [3.63, 3.8) is 0 Å². The van der Waals surface area contributed by atoms with Gasteiger partial charge < -0.3 is 19.5 Å².